The molecule has 5 nitrogen and oxygen atoms in total. The van der Waals surface area contributed by atoms with Crippen molar-refractivity contribution in [1.29, 1.82) is 0 Å². The van der Waals surface area contributed by atoms with E-state index in [9.17, 15) is 0 Å². The van der Waals surface area contributed by atoms with Gasteiger partial charge in [0, 0.05) is 0 Å². The molecule has 3 N–H and O–H groups in total. The van der Waals surface area contributed by atoms with E-state index < -0.39 is 0 Å². The Balaban J connectivity index is 2.64. The molecule has 14 heavy (non-hydrogen) atoms. The third-order valence-corrected chi connectivity index (χ3v) is 1.78. The Bertz CT molecular complexity index is 520. The van der Waals surface area contributed by atoms with Crippen LogP contribution in [-0.2, 0) is 0 Å². The smallest absolute Gasteiger partial charge is 0.151 e. The van der Waals surface area contributed by atoms with Crippen LogP contribution in [0.15, 0.2) is 18.5 Å². The maximum Gasteiger partial charge on any atom is 0.151 e. The highest BCUT2D eigenvalue weighted by molar-refractivity contribution is 5.66. The molecule has 0 atom stereocenters. The SMILES string of the molecule is Nc1ncnn2c(C#CCO)ccc12. The summed E-state index contributed by atoms with van der Waals surface area (Å²) >= 11 is 0. The number of rotatable bonds is 0. The van der Waals surface area contributed by atoms with Crippen LogP contribution in [0.2, 0.25) is 0 Å². The van der Waals surface area contributed by atoms with E-state index in [1.807, 2.05) is 0 Å². The number of nitrogen functional groups attached to an aromatic ring is 1. The molecular weight excluding hydrogens is 180 g/mol. The molecule has 2 aromatic rings. The van der Waals surface area contributed by atoms with Crippen LogP contribution in [0.25, 0.3) is 5.52 Å². The minimum Gasteiger partial charge on any atom is -0.384 e. The fourth-order valence-electron chi connectivity index (χ4n) is 1.18. The molecule has 0 aliphatic rings. The van der Waals surface area contributed by atoms with Crippen molar-refractivity contribution in [2.75, 3.05) is 12.3 Å². The summed E-state index contributed by atoms with van der Waals surface area (Å²) < 4.78 is 1.59. The molecule has 0 aromatic carbocycles. The number of aliphatic hydroxyl groups excluding tert-OH is 1. The molecule has 2 rings (SSSR count). The van der Waals surface area contributed by atoms with Crippen molar-refractivity contribution in [3.05, 3.63) is 24.2 Å². The van der Waals surface area contributed by atoms with E-state index in [4.69, 9.17) is 10.8 Å². The molecule has 0 bridgehead atoms. The van der Waals surface area contributed by atoms with Crippen molar-refractivity contribution < 1.29 is 5.11 Å². The van der Waals surface area contributed by atoms with Gasteiger partial charge in [0.15, 0.2) is 5.82 Å². The molecular formula is C9H8N4O. The first-order valence-electron chi connectivity index (χ1n) is 4.01. The lowest BCUT2D eigenvalue weighted by Crippen LogP contribution is -1.99. The van der Waals surface area contributed by atoms with Crippen LogP contribution >= 0.6 is 0 Å². The van der Waals surface area contributed by atoms with E-state index in [-0.39, 0.29) is 6.61 Å². The number of aromatic nitrogens is 3. The predicted octanol–water partition coefficient (Wildman–Crippen LogP) is -0.345. The van der Waals surface area contributed by atoms with E-state index in [1.165, 1.54) is 6.33 Å². The zero-order valence-electron chi connectivity index (χ0n) is 7.31. The number of nitrogens with two attached hydrogens (primary N) is 1. The van der Waals surface area contributed by atoms with Crippen molar-refractivity contribution in [2.45, 2.75) is 0 Å². The highest BCUT2D eigenvalue weighted by Crippen LogP contribution is 2.11. The second kappa shape index (κ2) is 3.36. The summed E-state index contributed by atoms with van der Waals surface area (Å²) in [6.07, 6.45) is 1.37. The summed E-state index contributed by atoms with van der Waals surface area (Å²) in [4.78, 5) is 3.85. The lowest BCUT2D eigenvalue weighted by molar-refractivity contribution is 0.350. The van der Waals surface area contributed by atoms with Crippen LogP contribution < -0.4 is 5.73 Å². The zero-order valence-corrected chi connectivity index (χ0v) is 7.31. The van der Waals surface area contributed by atoms with E-state index in [2.05, 4.69) is 21.9 Å². The Morgan fingerprint density at radius 1 is 1.50 bits per heavy atom. The fourth-order valence-corrected chi connectivity index (χ4v) is 1.18. The van der Waals surface area contributed by atoms with Crippen LogP contribution in [0.4, 0.5) is 5.82 Å². The van der Waals surface area contributed by atoms with Gasteiger partial charge < -0.3 is 10.8 Å². The molecule has 0 spiro atoms. The highest BCUT2D eigenvalue weighted by atomic mass is 16.2. The van der Waals surface area contributed by atoms with Crippen LogP contribution in [0.3, 0.4) is 0 Å². The van der Waals surface area contributed by atoms with Crippen LogP contribution in [0.1, 0.15) is 5.69 Å². The Hall–Kier alpha value is -2.06. The van der Waals surface area contributed by atoms with Gasteiger partial charge in [0.2, 0.25) is 0 Å². The van der Waals surface area contributed by atoms with E-state index >= 15 is 0 Å². The predicted molar refractivity (Wildman–Crippen MR) is 51.4 cm³/mol. The minimum atomic E-state index is -0.173. The zero-order chi connectivity index (χ0) is 9.97. The van der Waals surface area contributed by atoms with E-state index in [1.54, 1.807) is 16.6 Å². The second-order valence-electron chi connectivity index (χ2n) is 2.62. The van der Waals surface area contributed by atoms with Crippen molar-refractivity contribution >= 4 is 11.3 Å². The first kappa shape index (κ1) is 8.53. The average molecular weight is 188 g/mol. The Labute approximate surface area is 80.2 Å². The first-order chi connectivity index (χ1) is 6.83. The average Bonchev–Trinajstić information content (AvgIpc) is 2.60. The van der Waals surface area contributed by atoms with Crippen molar-refractivity contribution in [3.8, 4) is 11.8 Å². The second-order valence-corrected chi connectivity index (χ2v) is 2.62. The summed E-state index contributed by atoms with van der Waals surface area (Å²) in [5.41, 5.74) is 7.03. The van der Waals surface area contributed by atoms with Gasteiger partial charge in [-0.05, 0) is 18.1 Å². The number of nitrogens with zero attached hydrogens (tertiary/aromatic N) is 3. The third-order valence-electron chi connectivity index (χ3n) is 1.78. The molecule has 0 saturated heterocycles. The summed E-state index contributed by atoms with van der Waals surface area (Å²) in [5.74, 6) is 5.72. The van der Waals surface area contributed by atoms with Crippen molar-refractivity contribution in [1.82, 2.24) is 14.6 Å². The standard InChI is InChI=1S/C9H8N4O/c10-9-8-4-3-7(2-1-5-14)13(8)12-6-11-9/h3-4,6,14H,5H2,(H2,10,11,12). The van der Waals surface area contributed by atoms with Crippen molar-refractivity contribution in [3.63, 3.8) is 0 Å². The highest BCUT2D eigenvalue weighted by Gasteiger charge is 2.02. The number of fused-ring (bicyclic) bond motifs is 1. The van der Waals surface area contributed by atoms with Gasteiger partial charge in [0.25, 0.3) is 0 Å². The van der Waals surface area contributed by atoms with Gasteiger partial charge in [0.05, 0.1) is 0 Å². The molecule has 0 saturated carbocycles. The largest absolute Gasteiger partial charge is 0.384 e. The molecule has 2 aromatic heterocycles. The van der Waals surface area contributed by atoms with Crippen LogP contribution in [0.5, 0.6) is 0 Å². The monoisotopic (exact) mass is 188 g/mol. The topological polar surface area (TPSA) is 76.4 Å². The first-order valence-corrected chi connectivity index (χ1v) is 4.01. The van der Waals surface area contributed by atoms with Gasteiger partial charge in [-0.1, -0.05) is 5.92 Å². The summed E-state index contributed by atoms with van der Waals surface area (Å²) in [6, 6.07) is 3.57. The Kier molecular flexibility index (Phi) is 2.05. The molecule has 5 heteroatoms. The molecule has 2 heterocycles. The third kappa shape index (κ3) is 1.28. The lowest BCUT2D eigenvalue weighted by atomic mass is 10.4. The Morgan fingerprint density at radius 3 is 3.14 bits per heavy atom. The van der Waals surface area contributed by atoms with Gasteiger partial charge in [-0.2, -0.15) is 5.10 Å². The molecule has 0 aliphatic heterocycles. The van der Waals surface area contributed by atoms with E-state index in [0.29, 0.717) is 11.5 Å². The van der Waals surface area contributed by atoms with Gasteiger partial charge in [-0.15, -0.1) is 0 Å². The summed E-state index contributed by atoms with van der Waals surface area (Å²) in [5, 5.41) is 12.5. The molecule has 0 radical (unpaired) electrons. The number of anilines is 1. The fraction of sp³-hybridized carbons (Fsp3) is 0.111. The number of aliphatic hydroxyl groups is 1. The molecule has 0 fully saturated rings. The molecule has 0 amide bonds. The Morgan fingerprint density at radius 2 is 2.36 bits per heavy atom. The van der Waals surface area contributed by atoms with Gasteiger partial charge in [-0.3, -0.25) is 0 Å². The lowest BCUT2D eigenvalue weighted by Gasteiger charge is -1.96. The maximum atomic E-state index is 8.55. The molecule has 70 valence electrons. The summed E-state index contributed by atoms with van der Waals surface area (Å²) in [7, 11) is 0. The van der Waals surface area contributed by atoms with Gasteiger partial charge >= 0.3 is 0 Å². The molecule has 0 aliphatic carbocycles. The van der Waals surface area contributed by atoms with Crippen LogP contribution in [-0.4, -0.2) is 26.3 Å². The number of hydrogen-bond donors (Lipinski definition) is 2. The van der Waals surface area contributed by atoms with Gasteiger partial charge in [-0.25, -0.2) is 9.50 Å². The minimum absolute atomic E-state index is 0.173. The number of hydrogen-bond acceptors (Lipinski definition) is 4. The van der Waals surface area contributed by atoms with Gasteiger partial charge in [0.1, 0.15) is 24.1 Å². The van der Waals surface area contributed by atoms with E-state index in [0.717, 1.165) is 5.52 Å². The molecule has 0 unspecified atom stereocenters. The maximum absolute atomic E-state index is 8.55. The van der Waals surface area contributed by atoms with Crippen molar-refractivity contribution in [2.24, 2.45) is 0 Å². The quantitative estimate of drug-likeness (QED) is 0.554. The van der Waals surface area contributed by atoms with Crippen LogP contribution in [0, 0.1) is 11.8 Å². The summed E-state index contributed by atoms with van der Waals surface area (Å²) in [6.45, 7) is -0.173. The normalized spacial score (nSPS) is 9.79.